The van der Waals surface area contributed by atoms with E-state index in [0.29, 0.717) is 11.5 Å². The quantitative estimate of drug-likeness (QED) is 0.752. The van der Waals surface area contributed by atoms with E-state index in [4.69, 9.17) is 5.73 Å². The Morgan fingerprint density at radius 3 is 2.10 bits per heavy atom. The molecule has 0 radical (unpaired) electrons. The topological polar surface area (TPSA) is 26.0 Å². The summed E-state index contributed by atoms with van der Waals surface area (Å²) in [6, 6.07) is 9.01. The fraction of sp³-hybridized carbons (Fsp3) is 0.667. The average Bonchev–Trinajstić information content (AvgIpc) is 2.45. The molecule has 5 rings (SSSR count). The predicted octanol–water partition coefficient (Wildman–Crippen LogP) is 5.08. The van der Waals surface area contributed by atoms with Crippen molar-refractivity contribution in [2.75, 3.05) is 5.75 Å². The molecule has 4 aliphatic carbocycles. The van der Waals surface area contributed by atoms with Gasteiger partial charge < -0.3 is 5.73 Å². The highest BCUT2D eigenvalue weighted by Crippen LogP contribution is 2.61. The molecule has 3 heteroatoms. The first-order valence-corrected chi connectivity index (χ1v) is 10.0. The van der Waals surface area contributed by atoms with Gasteiger partial charge in [-0.25, -0.2) is 0 Å². The van der Waals surface area contributed by atoms with E-state index in [1.807, 2.05) is 11.8 Å². The first-order chi connectivity index (χ1) is 10.1. The lowest BCUT2D eigenvalue weighted by Crippen LogP contribution is -2.55. The first kappa shape index (κ1) is 14.6. The molecule has 4 bridgehead atoms. The summed E-state index contributed by atoms with van der Waals surface area (Å²) < 4.78 is 1.15. The van der Waals surface area contributed by atoms with Gasteiger partial charge in [-0.1, -0.05) is 15.9 Å². The highest BCUT2D eigenvalue weighted by Gasteiger charge is 2.53. The Hall–Kier alpha value is 0.01000. The molecule has 0 aromatic heterocycles. The zero-order valence-corrected chi connectivity index (χ0v) is 14.8. The van der Waals surface area contributed by atoms with E-state index >= 15 is 0 Å². The molecule has 1 aromatic rings. The lowest BCUT2D eigenvalue weighted by Gasteiger charge is -2.59. The summed E-state index contributed by atoms with van der Waals surface area (Å²) in [4.78, 5) is 1.35. The highest BCUT2D eigenvalue weighted by molar-refractivity contribution is 9.10. The summed E-state index contributed by atoms with van der Waals surface area (Å²) in [5, 5.41) is 0. The number of hydrogen-bond donors (Lipinski definition) is 1. The fourth-order valence-electron chi connectivity index (χ4n) is 5.53. The largest absolute Gasteiger partial charge is 0.326 e. The molecule has 1 atom stereocenters. The molecule has 4 aliphatic rings. The van der Waals surface area contributed by atoms with Gasteiger partial charge in [-0.2, -0.15) is 0 Å². The van der Waals surface area contributed by atoms with E-state index in [-0.39, 0.29) is 0 Å². The molecule has 0 aliphatic heterocycles. The Kier molecular flexibility index (Phi) is 3.88. The Balaban J connectivity index is 1.42. The van der Waals surface area contributed by atoms with Crippen LogP contribution in [-0.4, -0.2) is 11.8 Å². The predicted molar refractivity (Wildman–Crippen MR) is 93.4 cm³/mol. The van der Waals surface area contributed by atoms with E-state index < -0.39 is 0 Å². The molecule has 4 saturated carbocycles. The van der Waals surface area contributed by atoms with Crippen LogP contribution in [0, 0.1) is 23.2 Å². The summed E-state index contributed by atoms with van der Waals surface area (Å²) >= 11 is 5.44. The van der Waals surface area contributed by atoms with Gasteiger partial charge in [-0.15, -0.1) is 11.8 Å². The van der Waals surface area contributed by atoms with Crippen molar-refractivity contribution in [3.63, 3.8) is 0 Å². The molecule has 0 spiro atoms. The van der Waals surface area contributed by atoms with Crippen molar-refractivity contribution in [2.24, 2.45) is 28.9 Å². The van der Waals surface area contributed by atoms with Crippen molar-refractivity contribution in [1.29, 1.82) is 0 Å². The number of halogens is 1. The van der Waals surface area contributed by atoms with E-state index in [0.717, 1.165) is 28.0 Å². The average molecular weight is 366 g/mol. The zero-order chi connectivity index (χ0) is 14.4. The van der Waals surface area contributed by atoms with E-state index in [1.165, 1.54) is 43.4 Å². The monoisotopic (exact) mass is 365 g/mol. The van der Waals surface area contributed by atoms with Gasteiger partial charge in [0.2, 0.25) is 0 Å². The van der Waals surface area contributed by atoms with Crippen LogP contribution in [-0.2, 0) is 0 Å². The zero-order valence-electron chi connectivity index (χ0n) is 12.4. The minimum Gasteiger partial charge on any atom is -0.326 e. The number of hydrogen-bond acceptors (Lipinski definition) is 2. The van der Waals surface area contributed by atoms with Crippen LogP contribution < -0.4 is 5.73 Å². The number of rotatable bonds is 4. The van der Waals surface area contributed by atoms with Crippen LogP contribution in [0.1, 0.15) is 38.5 Å². The maximum atomic E-state index is 6.72. The molecule has 2 N–H and O–H groups in total. The highest BCUT2D eigenvalue weighted by atomic mass is 79.9. The Morgan fingerprint density at radius 1 is 1.05 bits per heavy atom. The Labute approximate surface area is 140 Å². The molecule has 1 unspecified atom stereocenters. The number of thioether (sulfide) groups is 1. The van der Waals surface area contributed by atoms with Crippen LogP contribution in [0.25, 0.3) is 0 Å². The Bertz CT molecular complexity index is 477. The van der Waals surface area contributed by atoms with Crippen LogP contribution in [0.15, 0.2) is 33.6 Å². The second-order valence-corrected chi connectivity index (χ2v) is 9.66. The second kappa shape index (κ2) is 5.58. The van der Waals surface area contributed by atoms with Crippen LogP contribution in [0.5, 0.6) is 0 Å². The lowest BCUT2D eigenvalue weighted by molar-refractivity contribution is -0.0629. The summed E-state index contributed by atoms with van der Waals surface area (Å²) in [7, 11) is 0. The SMILES string of the molecule is NC(CSc1ccc(Br)cc1)C12CC3CC(CC(C3)C1)C2. The van der Waals surface area contributed by atoms with Crippen LogP contribution in [0.3, 0.4) is 0 Å². The molecule has 21 heavy (non-hydrogen) atoms. The number of benzene rings is 1. The molecular weight excluding hydrogens is 342 g/mol. The van der Waals surface area contributed by atoms with Crippen molar-refractivity contribution in [3.8, 4) is 0 Å². The summed E-state index contributed by atoms with van der Waals surface area (Å²) in [6.45, 7) is 0. The summed E-state index contributed by atoms with van der Waals surface area (Å²) in [5.74, 6) is 4.08. The third kappa shape index (κ3) is 2.82. The van der Waals surface area contributed by atoms with Crippen molar-refractivity contribution in [1.82, 2.24) is 0 Å². The molecule has 1 nitrogen and oxygen atoms in total. The van der Waals surface area contributed by atoms with Crippen LogP contribution in [0.4, 0.5) is 0 Å². The smallest absolute Gasteiger partial charge is 0.0191 e. The molecule has 1 aromatic carbocycles. The first-order valence-electron chi connectivity index (χ1n) is 8.27. The summed E-state index contributed by atoms with van der Waals surface area (Å²) in [6.07, 6.45) is 8.77. The lowest BCUT2D eigenvalue weighted by atomic mass is 9.48. The Morgan fingerprint density at radius 2 is 1.57 bits per heavy atom. The van der Waals surface area contributed by atoms with Crippen molar-refractivity contribution in [2.45, 2.75) is 49.5 Å². The van der Waals surface area contributed by atoms with Gasteiger partial charge in [0, 0.05) is 21.2 Å². The molecular formula is C18H24BrNS. The van der Waals surface area contributed by atoms with Crippen LogP contribution in [0.2, 0.25) is 0 Å². The third-order valence-corrected chi connectivity index (χ3v) is 7.78. The standard InChI is InChI=1S/C18H24BrNS/c19-15-1-3-16(4-2-15)21-11-17(20)18-8-12-5-13(9-18)7-14(6-12)10-18/h1-4,12-14,17H,5-11,20H2. The minimum absolute atomic E-state index is 0.375. The normalized spacial score (nSPS) is 38.7. The van der Waals surface area contributed by atoms with Gasteiger partial charge in [0.15, 0.2) is 0 Å². The molecule has 0 saturated heterocycles. The minimum atomic E-state index is 0.375. The number of nitrogens with two attached hydrogens (primary N) is 1. The fourth-order valence-corrected chi connectivity index (χ4v) is 6.84. The van der Waals surface area contributed by atoms with Gasteiger partial charge in [0.1, 0.15) is 0 Å². The van der Waals surface area contributed by atoms with Crippen molar-refractivity contribution >= 4 is 27.7 Å². The van der Waals surface area contributed by atoms with Gasteiger partial charge >= 0.3 is 0 Å². The van der Waals surface area contributed by atoms with Crippen LogP contribution >= 0.6 is 27.7 Å². The van der Waals surface area contributed by atoms with Gasteiger partial charge in [0.05, 0.1) is 0 Å². The van der Waals surface area contributed by atoms with Gasteiger partial charge in [-0.3, -0.25) is 0 Å². The van der Waals surface area contributed by atoms with Gasteiger partial charge in [0.25, 0.3) is 0 Å². The van der Waals surface area contributed by atoms with E-state index in [9.17, 15) is 0 Å². The molecule has 4 fully saturated rings. The summed E-state index contributed by atoms with van der Waals surface area (Å²) in [5.41, 5.74) is 7.20. The maximum absolute atomic E-state index is 6.72. The maximum Gasteiger partial charge on any atom is 0.0191 e. The van der Waals surface area contributed by atoms with Crippen molar-refractivity contribution in [3.05, 3.63) is 28.7 Å². The van der Waals surface area contributed by atoms with Crippen molar-refractivity contribution < 1.29 is 0 Å². The molecule has 0 amide bonds. The molecule has 0 heterocycles. The van der Waals surface area contributed by atoms with Gasteiger partial charge in [-0.05, 0) is 86.0 Å². The van der Waals surface area contributed by atoms with E-state index in [2.05, 4.69) is 40.2 Å². The molecule has 114 valence electrons. The second-order valence-electron chi connectivity index (χ2n) is 7.65. The van der Waals surface area contributed by atoms with E-state index in [1.54, 1.807) is 0 Å². The third-order valence-electron chi connectivity index (χ3n) is 6.12.